The number of carbonyl (C=O) groups excluding carboxylic acids is 1. The highest BCUT2D eigenvalue weighted by Gasteiger charge is 2.49. The first-order chi connectivity index (χ1) is 12.7. The van der Waals surface area contributed by atoms with Gasteiger partial charge in [-0.25, -0.2) is 4.79 Å². The van der Waals surface area contributed by atoms with Crippen molar-refractivity contribution in [3.63, 3.8) is 0 Å². The van der Waals surface area contributed by atoms with Crippen molar-refractivity contribution >= 4 is 6.09 Å². The molecule has 0 bridgehead atoms. The van der Waals surface area contributed by atoms with Crippen LogP contribution in [0.2, 0.25) is 0 Å². The van der Waals surface area contributed by atoms with Crippen molar-refractivity contribution in [3.8, 4) is 0 Å². The zero-order valence-corrected chi connectivity index (χ0v) is 18.2. The predicted molar refractivity (Wildman–Crippen MR) is 110 cm³/mol. The number of alkyl carbamates (subject to hydrolysis) is 1. The lowest BCUT2D eigenvalue weighted by Gasteiger charge is -2.29. The van der Waals surface area contributed by atoms with Gasteiger partial charge in [0.05, 0.1) is 12.2 Å². The van der Waals surface area contributed by atoms with Gasteiger partial charge >= 0.3 is 6.09 Å². The van der Waals surface area contributed by atoms with Gasteiger partial charge in [-0.2, -0.15) is 0 Å². The van der Waals surface area contributed by atoms with Crippen LogP contribution in [0.3, 0.4) is 0 Å². The highest BCUT2D eigenvalue weighted by atomic mass is 16.5. The van der Waals surface area contributed by atoms with Crippen LogP contribution in [-0.2, 0) is 9.47 Å². The van der Waals surface area contributed by atoms with E-state index in [9.17, 15) is 4.79 Å². The average Bonchev–Trinajstić information content (AvgIpc) is 3.21. The summed E-state index contributed by atoms with van der Waals surface area (Å²) in [7, 11) is 1.97. The highest BCUT2D eigenvalue weighted by Crippen LogP contribution is 2.53. The van der Waals surface area contributed by atoms with Crippen molar-refractivity contribution in [2.45, 2.75) is 90.2 Å². The van der Waals surface area contributed by atoms with Crippen molar-refractivity contribution in [1.29, 1.82) is 0 Å². The second-order valence-corrected chi connectivity index (χ2v) is 9.75. The Morgan fingerprint density at radius 1 is 1.00 bits per heavy atom. The van der Waals surface area contributed by atoms with E-state index in [0.29, 0.717) is 25.7 Å². The van der Waals surface area contributed by atoms with Gasteiger partial charge in [0.15, 0.2) is 0 Å². The summed E-state index contributed by atoms with van der Waals surface area (Å²) in [5, 5.41) is 6.18. The normalized spacial score (nSPS) is 25.9. The van der Waals surface area contributed by atoms with Crippen LogP contribution < -0.4 is 10.6 Å². The van der Waals surface area contributed by atoms with E-state index in [2.05, 4.69) is 38.3 Å². The molecule has 5 heteroatoms. The van der Waals surface area contributed by atoms with Gasteiger partial charge in [-0.05, 0) is 78.2 Å². The van der Waals surface area contributed by atoms with Crippen LogP contribution >= 0.6 is 0 Å². The first kappa shape index (κ1) is 22.5. The van der Waals surface area contributed by atoms with Gasteiger partial charge in [0.2, 0.25) is 0 Å². The van der Waals surface area contributed by atoms with E-state index in [1.807, 2.05) is 7.05 Å². The van der Waals surface area contributed by atoms with Gasteiger partial charge in [-0.15, -0.1) is 0 Å². The number of amides is 1. The van der Waals surface area contributed by atoms with Gasteiger partial charge in [-0.1, -0.05) is 25.7 Å². The first-order valence-corrected chi connectivity index (χ1v) is 11.0. The third-order valence-corrected chi connectivity index (χ3v) is 6.63. The molecule has 0 saturated heterocycles. The second-order valence-electron chi connectivity index (χ2n) is 9.75. The van der Waals surface area contributed by atoms with E-state index in [4.69, 9.17) is 9.47 Å². The van der Waals surface area contributed by atoms with Crippen LogP contribution in [0.1, 0.15) is 79.1 Å². The van der Waals surface area contributed by atoms with Gasteiger partial charge < -0.3 is 20.1 Å². The largest absolute Gasteiger partial charge is 0.449 e. The Labute approximate surface area is 166 Å². The zero-order valence-electron chi connectivity index (χ0n) is 18.2. The van der Waals surface area contributed by atoms with Gasteiger partial charge in [0.25, 0.3) is 0 Å². The topological polar surface area (TPSA) is 59.6 Å². The second kappa shape index (κ2) is 10.1. The summed E-state index contributed by atoms with van der Waals surface area (Å²) in [6.07, 6.45) is 9.56. The molecule has 2 aliphatic rings. The summed E-state index contributed by atoms with van der Waals surface area (Å²) in [4.78, 5) is 12.0. The molecule has 0 aromatic rings. The molecule has 0 heterocycles. The van der Waals surface area contributed by atoms with Crippen LogP contribution in [0.25, 0.3) is 0 Å². The minimum absolute atomic E-state index is 0.0795. The molecule has 27 heavy (non-hydrogen) atoms. The predicted octanol–water partition coefficient (Wildman–Crippen LogP) is 4.50. The van der Waals surface area contributed by atoms with E-state index in [-0.39, 0.29) is 17.2 Å². The Balaban J connectivity index is 1.56. The summed E-state index contributed by atoms with van der Waals surface area (Å²) in [6, 6.07) is 0. The molecule has 2 rings (SSSR count). The van der Waals surface area contributed by atoms with Crippen molar-refractivity contribution in [1.82, 2.24) is 10.6 Å². The standard InChI is InChI=1S/C22H42N2O3/c1-21(2,23-5)13-15-27-22(3,4)12-14-24-20(25)26-16-19-17-10-8-6-7-9-11-18(17)19/h17-19,23H,6-16H2,1-5H3,(H,24,25). The Kier molecular flexibility index (Phi) is 8.41. The molecule has 2 saturated carbocycles. The van der Waals surface area contributed by atoms with Crippen molar-refractivity contribution in [2.75, 3.05) is 26.8 Å². The zero-order chi connectivity index (χ0) is 19.9. The lowest BCUT2D eigenvalue weighted by atomic mass is 10.0. The molecule has 2 fully saturated rings. The Morgan fingerprint density at radius 2 is 1.63 bits per heavy atom. The average molecular weight is 383 g/mol. The molecular weight excluding hydrogens is 340 g/mol. The molecule has 158 valence electrons. The Morgan fingerprint density at radius 3 is 2.22 bits per heavy atom. The quantitative estimate of drug-likeness (QED) is 0.584. The van der Waals surface area contributed by atoms with E-state index >= 15 is 0 Å². The highest BCUT2D eigenvalue weighted by molar-refractivity contribution is 5.67. The summed E-state index contributed by atoms with van der Waals surface area (Å²) in [5.41, 5.74) is -0.171. The third-order valence-electron chi connectivity index (χ3n) is 6.63. The molecule has 1 amide bonds. The van der Waals surface area contributed by atoms with E-state index < -0.39 is 0 Å². The molecule has 0 aromatic carbocycles. The summed E-state index contributed by atoms with van der Waals surface area (Å²) < 4.78 is 11.5. The smallest absolute Gasteiger partial charge is 0.407 e. The molecule has 0 aliphatic heterocycles. The third kappa shape index (κ3) is 7.98. The molecule has 0 spiro atoms. The number of rotatable bonds is 10. The number of hydrogen-bond donors (Lipinski definition) is 2. The van der Waals surface area contributed by atoms with Crippen molar-refractivity contribution in [3.05, 3.63) is 0 Å². The molecule has 2 atom stereocenters. The van der Waals surface area contributed by atoms with Gasteiger partial charge in [0, 0.05) is 18.7 Å². The van der Waals surface area contributed by atoms with Crippen LogP contribution in [0.15, 0.2) is 0 Å². The molecule has 0 aromatic heterocycles. The molecule has 2 aliphatic carbocycles. The fourth-order valence-corrected chi connectivity index (χ4v) is 4.21. The number of ether oxygens (including phenoxy) is 2. The lowest BCUT2D eigenvalue weighted by molar-refractivity contribution is -0.0298. The van der Waals surface area contributed by atoms with E-state index in [1.54, 1.807) is 0 Å². The summed E-state index contributed by atoms with van der Waals surface area (Å²) in [5.74, 6) is 2.24. The fraction of sp³-hybridized carbons (Fsp3) is 0.955. The SMILES string of the molecule is CNC(C)(C)CCOC(C)(C)CCNC(=O)OCC1C2CCCCCCC21. The van der Waals surface area contributed by atoms with Crippen LogP contribution in [-0.4, -0.2) is 44.0 Å². The number of nitrogens with one attached hydrogen (secondary N) is 2. The number of carbonyl (C=O) groups is 1. The Hall–Kier alpha value is -0.810. The maximum absolute atomic E-state index is 12.0. The monoisotopic (exact) mass is 382 g/mol. The maximum Gasteiger partial charge on any atom is 0.407 e. The first-order valence-electron chi connectivity index (χ1n) is 11.0. The van der Waals surface area contributed by atoms with E-state index in [0.717, 1.165) is 24.7 Å². The minimum Gasteiger partial charge on any atom is -0.449 e. The van der Waals surface area contributed by atoms with Crippen LogP contribution in [0.4, 0.5) is 4.79 Å². The van der Waals surface area contributed by atoms with Gasteiger partial charge in [0.1, 0.15) is 0 Å². The number of hydrogen-bond acceptors (Lipinski definition) is 4. The fourth-order valence-electron chi connectivity index (χ4n) is 4.21. The molecular formula is C22H42N2O3. The maximum atomic E-state index is 12.0. The molecule has 2 N–H and O–H groups in total. The minimum atomic E-state index is -0.276. The van der Waals surface area contributed by atoms with Gasteiger partial charge in [-0.3, -0.25) is 0 Å². The molecule has 0 radical (unpaired) electrons. The number of fused-ring (bicyclic) bond motifs is 1. The van der Waals surface area contributed by atoms with Crippen molar-refractivity contribution in [2.24, 2.45) is 17.8 Å². The van der Waals surface area contributed by atoms with Crippen molar-refractivity contribution < 1.29 is 14.3 Å². The lowest BCUT2D eigenvalue weighted by Crippen LogP contribution is -2.39. The summed E-state index contributed by atoms with van der Waals surface area (Å²) in [6.45, 7) is 10.4. The molecule has 2 unspecified atom stereocenters. The summed E-state index contributed by atoms with van der Waals surface area (Å²) >= 11 is 0. The Bertz CT molecular complexity index is 450. The van der Waals surface area contributed by atoms with Crippen LogP contribution in [0, 0.1) is 17.8 Å². The van der Waals surface area contributed by atoms with Crippen LogP contribution in [0.5, 0.6) is 0 Å². The van der Waals surface area contributed by atoms with E-state index in [1.165, 1.54) is 38.5 Å². The molecule has 5 nitrogen and oxygen atoms in total.